The average molecular weight is 424 g/mol. The lowest BCUT2D eigenvalue weighted by atomic mass is 10.2. The van der Waals surface area contributed by atoms with Crippen molar-refractivity contribution >= 4 is 55.8 Å². The first-order valence-electron chi connectivity index (χ1n) is 8.22. The van der Waals surface area contributed by atoms with Gasteiger partial charge in [-0.15, -0.1) is 4.40 Å². The fourth-order valence-electron chi connectivity index (χ4n) is 2.66. The molecule has 142 valence electrons. The van der Waals surface area contributed by atoms with Gasteiger partial charge in [-0.1, -0.05) is 41.6 Å². The Morgan fingerprint density at radius 3 is 2.74 bits per heavy atom. The zero-order valence-electron chi connectivity index (χ0n) is 14.8. The SMILES string of the molecule is CCN1C(SCC(=O)Nc2cc(Cl)ccc2C)=NS(=O)(=O)c2ccccc21. The van der Waals surface area contributed by atoms with Gasteiger partial charge >= 0.3 is 0 Å². The van der Waals surface area contributed by atoms with Gasteiger partial charge in [0, 0.05) is 17.3 Å². The molecule has 1 amide bonds. The molecule has 2 aromatic carbocycles. The van der Waals surface area contributed by atoms with Crippen LogP contribution in [0.25, 0.3) is 0 Å². The van der Waals surface area contributed by atoms with E-state index in [2.05, 4.69) is 9.71 Å². The Kier molecular flexibility index (Phi) is 5.78. The molecule has 0 aliphatic carbocycles. The van der Waals surface area contributed by atoms with Crippen LogP contribution in [0.5, 0.6) is 0 Å². The minimum Gasteiger partial charge on any atom is -0.325 e. The highest BCUT2D eigenvalue weighted by Crippen LogP contribution is 2.33. The monoisotopic (exact) mass is 423 g/mol. The van der Waals surface area contributed by atoms with Gasteiger partial charge in [-0.3, -0.25) is 4.79 Å². The van der Waals surface area contributed by atoms with Crippen LogP contribution in [0, 0.1) is 6.92 Å². The summed E-state index contributed by atoms with van der Waals surface area (Å²) < 4.78 is 28.7. The van der Waals surface area contributed by atoms with Gasteiger partial charge in [-0.05, 0) is 43.7 Å². The van der Waals surface area contributed by atoms with Crippen LogP contribution < -0.4 is 10.2 Å². The lowest BCUT2D eigenvalue weighted by molar-refractivity contribution is -0.113. The van der Waals surface area contributed by atoms with Gasteiger partial charge < -0.3 is 10.2 Å². The number of aryl methyl sites for hydroxylation is 1. The summed E-state index contributed by atoms with van der Waals surface area (Å²) in [7, 11) is -3.78. The number of carbonyl (C=O) groups is 1. The van der Waals surface area contributed by atoms with Crippen molar-refractivity contribution in [3.05, 3.63) is 53.1 Å². The molecule has 3 rings (SSSR count). The summed E-state index contributed by atoms with van der Waals surface area (Å²) in [6, 6.07) is 12.0. The molecule has 0 bridgehead atoms. The molecule has 0 saturated carbocycles. The van der Waals surface area contributed by atoms with Crippen LogP contribution in [0.1, 0.15) is 12.5 Å². The number of carbonyl (C=O) groups excluding carboxylic acids is 1. The lowest BCUT2D eigenvalue weighted by Gasteiger charge is -2.29. The van der Waals surface area contributed by atoms with E-state index in [9.17, 15) is 13.2 Å². The zero-order chi connectivity index (χ0) is 19.6. The summed E-state index contributed by atoms with van der Waals surface area (Å²) in [6.45, 7) is 4.31. The van der Waals surface area contributed by atoms with Gasteiger partial charge in [-0.25, -0.2) is 0 Å². The van der Waals surface area contributed by atoms with Crippen molar-refractivity contribution in [2.45, 2.75) is 18.7 Å². The van der Waals surface area contributed by atoms with Crippen LogP contribution in [-0.2, 0) is 14.8 Å². The number of benzene rings is 2. The minimum atomic E-state index is -3.78. The van der Waals surface area contributed by atoms with E-state index >= 15 is 0 Å². The van der Waals surface area contributed by atoms with Crippen molar-refractivity contribution in [1.82, 2.24) is 0 Å². The number of hydrogen-bond acceptors (Lipinski definition) is 5. The molecular weight excluding hydrogens is 406 g/mol. The molecule has 0 atom stereocenters. The number of thioether (sulfide) groups is 1. The van der Waals surface area contributed by atoms with E-state index in [-0.39, 0.29) is 21.7 Å². The predicted molar refractivity (Wildman–Crippen MR) is 111 cm³/mol. The van der Waals surface area contributed by atoms with Gasteiger partial charge in [0.05, 0.1) is 11.4 Å². The highest BCUT2D eigenvalue weighted by atomic mass is 35.5. The standard InChI is InChI=1S/C18H18ClN3O3S2/c1-3-22-15-6-4-5-7-16(15)27(24,25)21-18(22)26-11-17(23)20-14-10-13(19)9-8-12(14)2/h4-10H,3,11H2,1-2H3,(H,20,23). The number of amides is 1. The second-order valence-corrected chi connectivity index (χ2v) is 8.81. The van der Waals surface area contributed by atoms with Crippen molar-refractivity contribution in [2.75, 3.05) is 22.5 Å². The molecule has 9 heteroatoms. The number of anilines is 2. The number of amidine groups is 1. The van der Waals surface area contributed by atoms with Gasteiger partial charge in [-0.2, -0.15) is 8.42 Å². The van der Waals surface area contributed by atoms with E-state index in [0.717, 1.165) is 17.3 Å². The topological polar surface area (TPSA) is 78.8 Å². The molecule has 0 fully saturated rings. The Hall–Kier alpha value is -2.03. The molecule has 1 aliphatic heterocycles. The number of hydrogen-bond donors (Lipinski definition) is 1. The Morgan fingerprint density at radius 2 is 2.00 bits per heavy atom. The third-order valence-corrected chi connectivity index (χ3v) is 6.63. The van der Waals surface area contributed by atoms with Gasteiger partial charge in [0.1, 0.15) is 4.90 Å². The summed E-state index contributed by atoms with van der Waals surface area (Å²) in [5.74, 6) is -0.237. The second-order valence-electron chi connectivity index (χ2n) is 5.86. The first-order chi connectivity index (χ1) is 12.8. The van der Waals surface area contributed by atoms with E-state index in [0.29, 0.717) is 22.9 Å². The van der Waals surface area contributed by atoms with Crippen LogP contribution in [0.4, 0.5) is 11.4 Å². The lowest BCUT2D eigenvalue weighted by Crippen LogP contribution is -2.34. The van der Waals surface area contributed by atoms with Crippen molar-refractivity contribution in [3.63, 3.8) is 0 Å². The summed E-state index contributed by atoms with van der Waals surface area (Å²) >= 11 is 7.05. The number of nitrogens with zero attached hydrogens (tertiary/aromatic N) is 2. The van der Waals surface area contributed by atoms with E-state index < -0.39 is 10.0 Å². The fraction of sp³-hybridized carbons (Fsp3) is 0.222. The molecule has 1 aliphatic rings. The predicted octanol–water partition coefficient (Wildman–Crippen LogP) is 3.90. The number of halogens is 1. The third-order valence-electron chi connectivity index (χ3n) is 3.99. The largest absolute Gasteiger partial charge is 0.325 e. The molecule has 0 unspecified atom stereocenters. The van der Waals surface area contributed by atoms with Crippen LogP contribution in [0.3, 0.4) is 0 Å². The molecule has 0 spiro atoms. The fourth-order valence-corrected chi connectivity index (χ4v) is 5.15. The number of sulfonamides is 1. The van der Waals surface area contributed by atoms with E-state index in [1.54, 1.807) is 35.2 Å². The molecule has 1 heterocycles. The van der Waals surface area contributed by atoms with Crippen LogP contribution in [-0.4, -0.2) is 31.8 Å². The zero-order valence-corrected chi connectivity index (χ0v) is 17.2. The molecular formula is C18H18ClN3O3S2. The molecule has 2 aromatic rings. The first kappa shape index (κ1) is 19.7. The first-order valence-corrected chi connectivity index (χ1v) is 11.0. The van der Waals surface area contributed by atoms with Gasteiger partial charge in [0.2, 0.25) is 5.91 Å². The van der Waals surface area contributed by atoms with E-state index in [1.165, 1.54) is 6.07 Å². The van der Waals surface area contributed by atoms with Crippen molar-refractivity contribution in [2.24, 2.45) is 4.40 Å². The maximum atomic E-state index is 12.4. The summed E-state index contributed by atoms with van der Waals surface area (Å²) in [5.41, 5.74) is 2.09. The quantitative estimate of drug-likeness (QED) is 0.806. The maximum Gasteiger partial charge on any atom is 0.286 e. The third kappa shape index (κ3) is 4.28. The molecule has 0 aromatic heterocycles. The van der Waals surface area contributed by atoms with Crippen molar-refractivity contribution < 1.29 is 13.2 Å². The molecule has 27 heavy (non-hydrogen) atoms. The second kappa shape index (κ2) is 7.92. The maximum absolute atomic E-state index is 12.4. The summed E-state index contributed by atoms with van der Waals surface area (Å²) in [6.07, 6.45) is 0. The Labute approximate surface area is 167 Å². The average Bonchev–Trinajstić information content (AvgIpc) is 2.63. The van der Waals surface area contributed by atoms with Crippen LogP contribution >= 0.6 is 23.4 Å². The Morgan fingerprint density at radius 1 is 1.26 bits per heavy atom. The van der Waals surface area contributed by atoms with Crippen molar-refractivity contribution in [3.8, 4) is 0 Å². The molecule has 1 N–H and O–H groups in total. The number of para-hydroxylation sites is 1. The van der Waals surface area contributed by atoms with Crippen molar-refractivity contribution in [1.29, 1.82) is 0 Å². The Bertz CT molecular complexity index is 1020. The molecule has 0 saturated heterocycles. The molecule has 0 radical (unpaired) electrons. The normalized spacial score (nSPS) is 15.1. The van der Waals surface area contributed by atoms with E-state index in [4.69, 9.17) is 11.6 Å². The van der Waals surface area contributed by atoms with Gasteiger partial charge in [0.25, 0.3) is 10.0 Å². The highest BCUT2D eigenvalue weighted by molar-refractivity contribution is 8.15. The summed E-state index contributed by atoms with van der Waals surface area (Å²) in [5, 5.41) is 3.61. The smallest absolute Gasteiger partial charge is 0.286 e. The highest BCUT2D eigenvalue weighted by Gasteiger charge is 2.30. The number of rotatable bonds is 4. The number of fused-ring (bicyclic) bond motifs is 1. The van der Waals surface area contributed by atoms with Crippen LogP contribution in [0.2, 0.25) is 5.02 Å². The molecule has 6 nitrogen and oxygen atoms in total. The number of nitrogens with one attached hydrogen (secondary N) is 1. The minimum absolute atomic E-state index is 0.0268. The summed E-state index contributed by atoms with van der Waals surface area (Å²) in [4.78, 5) is 14.3. The van der Waals surface area contributed by atoms with Gasteiger partial charge in [0.15, 0.2) is 5.17 Å². The Balaban J connectivity index is 1.76. The van der Waals surface area contributed by atoms with E-state index in [1.807, 2.05) is 19.9 Å². The van der Waals surface area contributed by atoms with Crippen LogP contribution in [0.15, 0.2) is 51.8 Å².